The average molecular weight is 329 g/mol. The number of pyridine rings is 1. The van der Waals surface area contributed by atoms with Crippen LogP contribution in [-0.2, 0) is 16.0 Å². The lowest BCUT2D eigenvalue weighted by atomic mass is 10.2. The van der Waals surface area contributed by atoms with Crippen molar-refractivity contribution in [3.05, 3.63) is 26.9 Å². The number of carbonyl (C=O) groups is 1. The second-order valence-corrected chi connectivity index (χ2v) is 4.22. The highest BCUT2D eigenvalue weighted by Crippen LogP contribution is 2.32. The van der Waals surface area contributed by atoms with Gasteiger partial charge >= 0.3 is 5.97 Å². The van der Waals surface area contributed by atoms with Crippen LogP contribution in [0.3, 0.4) is 0 Å². The van der Waals surface area contributed by atoms with E-state index in [4.69, 9.17) is 16.3 Å². The Kier molecular flexibility index (Phi) is 5.27. The molecule has 1 aromatic heterocycles. The lowest BCUT2D eigenvalue weighted by Gasteiger charge is -2.08. The van der Waals surface area contributed by atoms with Crippen LogP contribution in [0.5, 0.6) is 0 Å². The highest BCUT2D eigenvalue weighted by Gasteiger charge is 2.18. The third kappa shape index (κ3) is 3.89. The Hall–Kier alpha value is -0.750. The number of halogens is 4. The first kappa shape index (κ1) is 14.3. The van der Waals surface area contributed by atoms with Crippen molar-refractivity contribution in [2.75, 3.05) is 6.61 Å². The van der Waals surface area contributed by atoms with Gasteiger partial charge in [0.05, 0.1) is 23.7 Å². The highest BCUT2D eigenvalue weighted by molar-refractivity contribution is 9.10. The highest BCUT2D eigenvalue weighted by atomic mass is 79.9. The molecule has 1 aromatic rings. The van der Waals surface area contributed by atoms with Gasteiger partial charge in [0.2, 0.25) is 0 Å². The van der Waals surface area contributed by atoms with E-state index in [2.05, 4.69) is 20.9 Å². The Morgan fingerprint density at radius 2 is 2.29 bits per heavy atom. The minimum Gasteiger partial charge on any atom is -0.466 e. The van der Waals surface area contributed by atoms with Gasteiger partial charge in [0.25, 0.3) is 6.43 Å². The first-order valence-corrected chi connectivity index (χ1v) is 5.91. The molecule has 0 bridgehead atoms. The van der Waals surface area contributed by atoms with Crippen LogP contribution in [0.1, 0.15) is 24.6 Å². The van der Waals surface area contributed by atoms with E-state index in [0.29, 0.717) is 0 Å². The first-order valence-electron chi connectivity index (χ1n) is 4.74. The van der Waals surface area contributed by atoms with Crippen molar-refractivity contribution in [2.45, 2.75) is 19.8 Å². The third-order valence-corrected chi connectivity index (χ3v) is 3.06. The molecule has 0 fully saturated rings. The standard InChI is InChI=1S/C10H9BrClF2NO2/c1-2-17-7(16)4-5-3-6(10(13)14)8(12)9(11)15-5/h3,10H,2,4H2,1H3. The number of aromatic nitrogens is 1. The van der Waals surface area contributed by atoms with Crippen LogP contribution in [0.2, 0.25) is 5.02 Å². The average Bonchev–Trinajstić information content (AvgIpc) is 2.23. The molecule has 94 valence electrons. The fraction of sp³-hybridized carbons (Fsp3) is 0.400. The number of carbonyl (C=O) groups excluding carboxylic acids is 1. The topological polar surface area (TPSA) is 39.2 Å². The molecule has 0 aromatic carbocycles. The molecule has 0 saturated carbocycles. The molecule has 1 heterocycles. The maximum absolute atomic E-state index is 12.6. The zero-order valence-corrected chi connectivity index (χ0v) is 11.2. The summed E-state index contributed by atoms with van der Waals surface area (Å²) in [6.45, 7) is 1.89. The van der Waals surface area contributed by atoms with E-state index in [9.17, 15) is 13.6 Å². The first-order chi connectivity index (χ1) is 7.95. The summed E-state index contributed by atoms with van der Waals surface area (Å²) in [6, 6.07) is 1.11. The second-order valence-electron chi connectivity index (χ2n) is 3.09. The largest absolute Gasteiger partial charge is 0.466 e. The van der Waals surface area contributed by atoms with Gasteiger partial charge in [0.1, 0.15) is 4.60 Å². The van der Waals surface area contributed by atoms with Crippen LogP contribution < -0.4 is 0 Å². The number of ether oxygens (including phenoxy) is 1. The monoisotopic (exact) mass is 327 g/mol. The van der Waals surface area contributed by atoms with E-state index >= 15 is 0 Å². The van der Waals surface area contributed by atoms with Gasteiger partial charge in [-0.15, -0.1) is 0 Å². The van der Waals surface area contributed by atoms with Gasteiger partial charge in [-0.25, -0.2) is 13.8 Å². The van der Waals surface area contributed by atoms with Crippen LogP contribution in [0.15, 0.2) is 10.7 Å². The van der Waals surface area contributed by atoms with Crippen LogP contribution >= 0.6 is 27.5 Å². The van der Waals surface area contributed by atoms with Crippen molar-refractivity contribution in [1.29, 1.82) is 0 Å². The summed E-state index contributed by atoms with van der Waals surface area (Å²) in [4.78, 5) is 15.1. The fourth-order valence-corrected chi connectivity index (χ4v) is 1.81. The second kappa shape index (κ2) is 6.26. The van der Waals surface area contributed by atoms with Crippen LogP contribution in [0.4, 0.5) is 8.78 Å². The summed E-state index contributed by atoms with van der Waals surface area (Å²) in [5.74, 6) is -0.519. The summed E-state index contributed by atoms with van der Waals surface area (Å²) in [5.41, 5.74) is -0.164. The van der Waals surface area contributed by atoms with Crippen molar-refractivity contribution in [3.8, 4) is 0 Å². The SMILES string of the molecule is CCOC(=O)Cc1cc(C(F)F)c(Cl)c(Br)n1. The molecule has 0 saturated heterocycles. The Balaban J connectivity index is 2.98. The van der Waals surface area contributed by atoms with Gasteiger partial charge in [-0.1, -0.05) is 11.6 Å². The lowest BCUT2D eigenvalue weighted by molar-refractivity contribution is -0.142. The van der Waals surface area contributed by atoms with Crippen molar-refractivity contribution < 1.29 is 18.3 Å². The molecule has 0 radical (unpaired) electrons. The van der Waals surface area contributed by atoms with Gasteiger partial charge in [0, 0.05) is 5.56 Å². The van der Waals surface area contributed by atoms with Crippen molar-refractivity contribution in [3.63, 3.8) is 0 Å². The number of esters is 1. The summed E-state index contributed by atoms with van der Waals surface area (Å²) in [7, 11) is 0. The normalized spacial score (nSPS) is 10.7. The Bertz CT molecular complexity index is 429. The summed E-state index contributed by atoms with van der Waals surface area (Å²) in [5, 5.41) is -0.146. The molecule has 0 spiro atoms. The lowest BCUT2D eigenvalue weighted by Crippen LogP contribution is -2.09. The van der Waals surface area contributed by atoms with Gasteiger partial charge in [0.15, 0.2) is 0 Å². The van der Waals surface area contributed by atoms with E-state index in [1.807, 2.05) is 0 Å². The smallest absolute Gasteiger partial charge is 0.311 e. The number of alkyl halides is 2. The Morgan fingerprint density at radius 3 is 2.82 bits per heavy atom. The summed E-state index contributed by atoms with van der Waals surface area (Å²) >= 11 is 8.62. The number of hydrogen-bond donors (Lipinski definition) is 0. The Labute approximate surface area is 110 Å². The van der Waals surface area contributed by atoms with E-state index in [0.717, 1.165) is 6.07 Å². The molecule has 0 atom stereocenters. The maximum Gasteiger partial charge on any atom is 0.311 e. The zero-order chi connectivity index (χ0) is 13.0. The van der Waals surface area contributed by atoms with Crippen LogP contribution in [0, 0.1) is 0 Å². The predicted molar refractivity (Wildman–Crippen MR) is 62.2 cm³/mol. The number of nitrogens with zero attached hydrogens (tertiary/aromatic N) is 1. The van der Waals surface area contributed by atoms with Crippen LogP contribution in [0.25, 0.3) is 0 Å². The van der Waals surface area contributed by atoms with Gasteiger partial charge < -0.3 is 4.74 Å². The molecule has 0 amide bonds. The van der Waals surface area contributed by atoms with Crippen LogP contribution in [-0.4, -0.2) is 17.6 Å². The molecule has 0 unspecified atom stereocenters. The molecule has 0 aliphatic rings. The molecular formula is C10H9BrClF2NO2. The molecule has 7 heteroatoms. The van der Waals surface area contributed by atoms with Crippen molar-refractivity contribution >= 4 is 33.5 Å². The maximum atomic E-state index is 12.6. The number of rotatable bonds is 4. The summed E-state index contributed by atoms with van der Waals surface area (Å²) < 4.78 is 30.0. The van der Waals surface area contributed by atoms with Crippen molar-refractivity contribution in [1.82, 2.24) is 4.98 Å². The fourth-order valence-electron chi connectivity index (χ4n) is 1.18. The van der Waals surface area contributed by atoms with Crippen molar-refractivity contribution in [2.24, 2.45) is 0 Å². The van der Waals surface area contributed by atoms with Gasteiger partial charge in [-0.3, -0.25) is 4.79 Å². The van der Waals surface area contributed by atoms with E-state index < -0.39 is 12.4 Å². The van der Waals surface area contributed by atoms with Gasteiger partial charge in [-0.2, -0.15) is 0 Å². The van der Waals surface area contributed by atoms with E-state index in [1.54, 1.807) is 6.92 Å². The third-order valence-electron chi connectivity index (χ3n) is 1.86. The summed E-state index contributed by atoms with van der Waals surface area (Å²) in [6.07, 6.45) is -2.88. The zero-order valence-electron chi connectivity index (χ0n) is 8.84. The van der Waals surface area contributed by atoms with E-state index in [-0.39, 0.29) is 33.9 Å². The predicted octanol–water partition coefficient (Wildman–Crippen LogP) is 3.54. The molecule has 0 aliphatic heterocycles. The minimum atomic E-state index is -2.72. The van der Waals surface area contributed by atoms with E-state index in [1.165, 1.54) is 0 Å². The molecule has 0 aliphatic carbocycles. The molecule has 0 N–H and O–H groups in total. The molecule has 1 rings (SSSR count). The van der Waals surface area contributed by atoms with Gasteiger partial charge in [-0.05, 0) is 28.9 Å². The number of hydrogen-bond acceptors (Lipinski definition) is 3. The molecular weight excluding hydrogens is 319 g/mol. The quantitative estimate of drug-likeness (QED) is 0.627. The Morgan fingerprint density at radius 1 is 1.65 bits per heavy atom. The minimum absolute atomic E-state index is 0.0938. The molecule has 17 heavy (non-hydrogen) atoms. The molecule has 3 nitrogen and oxygen atoms in total.